The van der Waals surface area contributed by atoms with Crippen molar-refractivity contribution in [1.82, 2.24) is 4.90 Å². The van der Waals surface area contributed by atoms with E-state index in [1.54, 1.807) is 0 Å². The number of hydrogen-bond donors (Lipinski definition) is 2. The van der Waals surface area contributed by atoms with Gasteiger partial charge in [-0.2, -0.15) is 0 Å². The molecule has 0 atom stereocenters. The standard InChI is InChI=1S/C12H28N2O/c1-4-8-14(12(2,3)11-13)9-6-5-7-10-15/h15H,4-11,13H2,1-3H3. The summed E-state index contributed by atoms with van der Waals surface area (Å²) in [4.78, 5) is 2.46. The third-order valence-corrected chi connectivity index (χ3v) is 2.94. The van der Waals surface area contributed by atoms with Gasteiger partial charge >= 0.3 is 0 Å². The molecule has 0 aliphatic rings. The zero-order chi connectivity index (χ0) is 11.7. The van der Waals surface area contributed by atoms with Crippen molar-refractivity contribution in [2.75, 3.05) is 26.2 Å². The fourth-order valence-electron chi connectivity index (χ4n) is 1.71. The number of rotatable bonds is 9. The molecule has 0 spiro atoms. The van der Waals surface area contributed by atoms with Gasteiger partial charge in [0.15, 0.2) is 0 Å². The van der Waals surface area contributed by atoms with E-state index in [2.05, 4.69) is 25.7 Å². The molecule has 3 nitrogen and oxygen atoms in total. The number of nitrogens with zero attached hydrogens (tertiary/aromatic N) is 1. The monoisotopic (exact) mass is 216 g/mol. The van der Waals surface area contributed by atoms with Crippen LogP contribution in [0.3, 0.4) is 0 Å². The van der Waals surface area contributed by atoms with Crippen LogP contribution < -0.4 is 5.73 Å². The topological polar surface area (TPSA) is 49.5 Å². The largest absolute Gasteiger partial charge is 0.396 e. The van der Waals surface area contributed by atoms with Gasteiger partial charge in [-0.15, -0.1) is 0 Å². The normalized spacial score (nSPS) is 12.4. The molecule has 0 bridgehead atoms. The van der Waals surface area contributed by atoms with Gasteiger partial charge in [-0.1, -0.05) is 6.92 Å². The Morgan fingerprint density at radius 1 is 1.13 bits per heavy atom. The maximum Gasteiger partial charge on any atom is 0.0431 e. The van der Waals surface area contributed by atoms with E-state index < -0.39 is 0 Å². The minimum atomic E-state index is 0.106. The van der Waals surface area contributed by atoms with Crippen molar-refractivity contribution in [2.24, 2.45) is 5.73 Å². The average molecular weight is 216 g/mol. The van der Waals surface area contributed by atoms with Crippen LogP contribution in [0.25, 0.3) is 0 Å². The van der Waals surface area contributed by atoms with Crippen LogP contribution in [0.4, 0.5) is 0 Å². The number of aliphatic hydroxyl groups excluding tert-OH is 1. The molecule has 0 radical (unpaired) electrons. The van der Waals surface area contributed by atoms with Gasteiger partial charge in [0.2, 0.25) is 0 Å². The molecule has 0 amide bonds. The van der Waals surface area contributed by atoms with Gasteiger partial charge in [0.1, 0.15) is 0 Å². The maximum atomic E-state index is 8.71. The molecular formula is C12H28N2O. The predicted octanol–water partition coefficient (Wildman–Crippen LogP) is 1.60. The summed E-state index contributed by atoms with van der Waals surface area (Å²) in [7, 11) is 0. The Balaban J connectivity index is 3.93. The van der Waals surface area contributed by atoms with Crippen LogP contribution in [-0.2, 0) is 0 Å². The molecule has 0 fully saturated rings. The summed E-state index contributed by atoms with van der Waals surface area (Å²) in [6.07, 6.45) is 4.35. The summed E-state index contributed by atoms with van der Waals surface area (Å²) in [5.74, 6) is 0. The van der Waals surface area contributed by atoms with Crippen LogP contribution in [0.2, 0.25) is 0 Å². The lowest BCUT2D eigenvalue weighted by Gasteiger charge is -2.37. The maximum absolute atomic E-state index is 8.71. The summed E-state index contributed by atoms with van der Waals surface area (Å²) in [6, 6.07) is 0. The molecule has 92 valence electrons. The molecule has 0 aromatic heterocycles. The molecule has 0 unspecified atom stereocenters. The van der Waals surface area contributed by atoms with Gasteiger partial charge in [0.05, 0.1) is 0 Å². The molecule has 0 aromatic rings. The van der Waals surface area contributed by atoms with Crippen LogP contribution in [0, 0.1) is 0 Å². The minimum Gasteiger partial charge on any atom is -0.396 e. The van der Waals surface area contributed by atoms with Crippen molar-refractivity contribution >= 4 is 0 Å². The van der Waals surface area contributed by atoms with E-state index in [-0.39, 0.29) is 5.54 Å². The van der Waals surface area contributed by atoms with Gasteiger partial charge < -0.3 is 10.8 Å². The summed E-state index contributed by atoms with van der Waals surface area (Å²) in [6.45, 7) is 9.83. The summed E-state index contributed by atoms with van der Waals surface area (Å²) < 4.78 is 0. The zero-order valence-corrected chi connectivity index (χ0v) is 10.6. The molecule has 0 saturated heterocycles. The Morgan fingerprint density at radius 2 is 1.80 bits per heavy atom. The van der Waals surface area contributed by atoms with Gasteiger partial charge in [-0.3, -0.25) is 4.90 Å². The summed E-state index contributed by atoms with van der Waals surface area (Å²) in [5, 5.41) is 8.71. The zero-order valence-electron chi connectivity index (χ0n) is 10.6. The van der Waals surface area contributed by atoms with Crippen molar-refractivity contribution in [2.45, 2.75) is 52.0 Å². The quantitative estimate of drug-likeness (QED) is 0.576. The highest BCUT2D eigenvalue weighted by Crippen LogP contribution is 2.14. The van der Waals surface area contributed by atoms with Crippen molar-refractivity contribution < 1.29 is 5.11 Å². The fraction of sp³-hybridized carbons (Fsp3) is 1.00. The third kappa shape index (κ3) is 6.13. The van der Waals surface area contributed by atoms with Gasteiger partial charge in [0.25, 0.3) is 0 Å². The second kappa shape index (κ2) is 8.08. The van der Waals surface area contributed by atoms with E-state index >= 15 is 0 Å². The van der Waals surface area contributed by atoms with Gasteiger partial charge in [-0.05, 0) is 52.6 Å². The van der Waals surface area contributed by atoms with E-state index in [1.165, 1.54) is 6.42 Å². The lowest BCUT2D eigenvalue weighted by molar-refractivity contribution is 0.123. The first-order valence-electron chi connectivity index (χ1n) is 6.14. The molecular weight excluding hydrogens is 188 g/mol. The van der Waals surface area contributed by atoms with E-state index in [4.69, 9.17) is 10.8 Å². The molecule has 0 aliphatic carbocycles. The second-order valence-electron chi connectivity index (χ2n) is 4.79. The van der Waals surface area contributed by atoms with Crippen molar-refractivity contribution in [1.29, 1.82) is 0 Å². The first kappa shape index (κ1) is 14.9. The highest BCUT2D eigenvalue weighted by molar-refractivity contribution is 4.82. The summed E-state index contributed by atoms with van der Waals surface area (Å²) in [5.41, 5.74) is 5.89. The van der Waals surface area contributed by atoms with Gasteiger partial charge in [-0.25, -0.2) is 0 Å². The Bertz CT molecular complexity index is 149. The van der Waals surface area contributed by atoms with E-state index in [0.29, 0.717) is 13.2 Å². The minimum absolute atomic E-state index is 0.106. The molecule has 0 aromatic carbocycles. The Hall–Kier alpha value is -0.120. The number of aliphatic hydroxyl groups is 1. The predicted molar refractivity (Wildman–Crippen MR) is 65.9 cm³/mol. The first-order chi connectivity index (χ1) is 7.08. The Kier molecular flexibility index (Phi) is 8.02. The Morgan fingerprint density at radius 3 is 2.27 bits per heavy atom. The summed E-state index contributed by atoms with van der Waals surface area (Å²) >= 11 is 0. The van der Waals surface area contributed by atoms with E-state index in [0.717, 1.165) is 32.4 Å². The highest BCUT2D eigenvalue weighted by Gasteiger charge is 2.23. The molecule has 15 heavy (non-hydrogen) atoms. The SMILES string of the molecule is CCCN(CCCCCO)C(C)(C)CN. The molecule has 3 heteroatoms. The lowest BCUT2D eigenvalue weighted by atomic mass is 10.0. The van der Waals surface area contributed by atoms with E-state index in [9.17, 15) is 0 Å². The smallest absolute Gasteiger partial charge is 0.0431 e. The Labute approximate surface area is 94.6 Å². The van der Waals surface area contributed by atoms with Crippen molar-refractivity contribution in [3.05, 3.63) is 0 Å². The molecule has 0 heterocycles. The number of unbranched alkanes of at least 4 members (excludes halogenated alkanes) is 2. The first-order valence-corrected chi connectivity index (χ1v) is 6.14. The number of nitrogens with two attached hydrogens (primary N) is 1. The highest BCUT2D eigenvalue weighted by atomic mass is 16.2. The molecule has 0 aliphatic heterocycles. The van der Waals surface area contributed by atoms with Crippen LogP contribution in [0.5, 0.6) is 0 Å². The van der Waals surface area contributed by atoms with Crippen LogP contribution in [0.1, 0.15) is 46.5 Å². The van der Waals surface area contributed by atoms with Crippen molar-refractivity contribution in [3.8, 4) is 0 Å². The van der Waals surface area contributed by atoms with Crippen LogP contribution >= 0.6 is 0 Å². The molecule has 3 N–H and O–H groups in total. The van der Waals surface area contributed by atoms with E-state index in [1.807, 2.05) is 0 Å². The van der Waals surface area contributed by atoms with Crippen molar-refractivity contribution in [3.63, 3.8) is 0 Å². The van der Waals surface area contributed by atoms with Gasteiger partial charge in [0, 0.05) is 18.7 Å². The average Bonchev–Trinajstić information content (AvgIpc) is 2.22. The van der Waals surface area contributed by atoms with Crippen LogP contribution in [0.15, 0.2) is 0 Å². The molecule has 0 rings (SSSR count). The second-order valence-corrected chi connectivity index (χ2v) is 4.79. The molecule has 0 saturated carbocycles. The van der Waals surface area contributed by atoms with Crippen LogP contribution in [-0.4, -0.2) is 41.8 Å². The third-order valence-electron chi connectivity index (χ3n) is 2.94. The fourth-order valence-corrected chi connectivity index (χ4v) is 1.71. The number of hydrogen-bond acceptors (Lipinski definition) is 3. The lowest BCUT2D eigenvalue weighted by Crippen LogP contribution is -2.50.